The molecule has 1 aliphatic carbocycles. The van der Waals surface area contributed by atoms with Gasteiger partial charge in [0, 0.05) is 12.0 Å². The number of hydrogen-bond donors (Lipinski definition) is 1. The molecule has 0 bridgehead atoms. The minimum Gasteiger partial charge on any atom is -0.537 e. The molecule has 2 nitrogen and oxygen atoms in total. The van der Waals surface area contributed by atoms with Crippen molar-refractivity contribution in [1.29, 1.82) is 0 Å². The highest BCUT2D eigenvalue weighted by atomic mass is 16.5. The molecule has 2 aromatic carbocycles. The molecule has 2 aromatic rings. The van der Waals surface area contributed by atoms with Gasteiger partial charge in [0.2, 0.25) is 0 Å². The zero-order valence-electron chi connectivity index (χ0n) is 8.68. The van der Waals surface area contributed by atoms with Gasteiger partial charge in [-0.2, -0.15) is 0 Å². The Morgan fingerprint density at radius 1 is 1.00 bits per heavy atom. The minimum absolute atomic E-state index is 0.733. The number of rotatable bonds is 2. The second-order valence-corrected chi connectivity index (χ2v) is 3.84. The molecule has 0 spiro atoms. The summed E-state index contributed by atoms with van der Waals surface area (Å²) in [6, 6.07) is 14.2. The van der Waals surface area contributed by atoms with E-state index >= 15 is 0 Å². The van der Waals surface area contributed by atoms with Crippen LogP contribution in [0.15, 0.2) is 42.5 Å². The fourth-order valence-corrected chi connectivity index (χ4v) is 2.30. The topological polar surface area (TPSA) is 29.5 Å². The Labute approximate surface area is 94.8 Å². The second kappa shape index (κ2) is 3.69. The van der Waals surface area contributed by atoms with Crippen molar-refractivity contribution < 1.29 is 9.68 Å². The van der Waals surface area contributed by atoms with E-state index in [2.05, 4.69) is 18.2 Å². The van der Waals surface area contributed by atoms with Gasteiger partial charge in [0.15, 0.2) is 0 Å². The Bertz CT molecular complexity index is 537. The maximum Gasteiger partial charge on any atom is 0.569 e. The van der Waals surface area contributed by atoms with Crippen LogP contribution in [0.3, 0.4) is 0 Å². The first kappa shape index (κ1) is 9.49. The van der Waals surface area contributed by atoms with Crippen LogP contribution in [-0.4, -0.2) is 12.7 Å². The largest absolute Gasteiger partial charge is 0.569 e. The first-order chi connectivity index (χ1) is 7.90. The van der Waals surface area contributed by atoms with Crippen LogP contribution in [0.1, 0.15) is 11.1 Å². The Balaban J connectivity index is 2.16. The van der Waals surface area contributed by atoms with Gasteiger partial charge in [0.1, 0.15) is 5.75 Å². The molecule has 1 N–H and O–H groups in total. The molecule has 0 atom stereocenters. The maximum atomic E-state index is 8.72. The number of hydrogen-bond acceptors (Lipinski definition) is 2. The van der Waals surface area contributed by atoms with Crippen molar-refractivity contribution >= 4 is 7.69 Å². The van der Waals surface area contributed by atoms with Crippen molar-refractivity contribution in [3.05, 3.63) is 53.6 Å². The van der Waals surface area contributed by atoms with Gasteiger partial charge in [-0.05, 0) is 22.8 Å². The molecule has 3 heteroatoms. The molecular weight excluding hydrogens is 199 g/mol. The summed E-state index contributed by atoms with van der Waals surface area (Å²) in [4.78, 5) is 0. The van der Waals surface area contributed by atoms with Crippen LogP contribution >= 0.6 is 0 Å². The van der Waals surface area contributed by atoms with Gasteiger partial charge < -0.3 is 9.68 Å². The van der Waals surface area contributed by atoms with E-state index in [4.69, 9.17) is 9.68 Å². The van der Waals surface area contributed by atoms with Gasteiger partial charge >= 0.3 is 7.69 Å². The van der Waals surface area contributed by atoms with E-state index in [0.29, 0.717) is 0 Å². The summed E-state index contributed by atoms with van der Waals surface area (Å²) < 4.78 is 5.11. The molecule has 0 heterocycles. The van der Waals surface area contributed by atoms with Gasteiger partial charge in [0.25, 0.3) is 0 Å². The molecule has 0 amide bonds. The summed E-state index contributed by atoms with van der Waals surface area (Å²) in [6.45, 7) is 0. The van der Waals surface area contributed by atoms with Gasteiger partial charge in [0.05, 0.1) is 0 Å². The maximum absolute atomic E-state index is 8.72. The molecule has 0 unspecified atom stereocenters. The average Bonchev–Trinajstić information content (AvgIpc) is 2.69. The Hall–Kier alpha value is -1.74. The fraction of sp³-hybridized carbons (Fsp3) is 0.0769. The van der Waals surface area contributed by atoms with Gasteiger partial charge in [-0.25, -0.2) is 0 Å². The molecular formula is C13H10BO2. The minimum atomic E-state index is 0.733. The van der Waals surface area contributed by atoms with E-state index in [9.17, 15) is 0 Å². The summed E-state index contributed by atoms with van der Waals surface area (Å²) in [5.74, 6) is 0.733. The Kier molecular flexibility index (Phi) is 2.19. The van der Waals surface area contributed by atoms with Crippen molar-refractivity contribution in [1.82, 2.24) is 0 Å². The molecule has 1 aliphatic rings. The van der Waals surface area contributed by atoms with Crippen molar-refractivity contribution in [2.24, 2.45) is 0 Å². The highest BCUT2D eigenvalue weighted by molar-refractivity contribution is 6.17. The van der Waals surface area contributed by atoms with Gasteiger partial charge in [-0.3, -0.25) is 0 Å². The molecule has 3 rings (SSSR count). The zero-order valence-corrected chi connectivity index (χ0v) is 8.68. The first-order valence-electron chi connectivity index (χ1n) is 5.23. The molecule has 0 aliphatic heterocycles. The van der Waals surface area contributed by atoms with Crippen LogP contribution in [0.2, 0.25) is 0 Å². The average molecular weight is 209 g/mol. The van der Waals surface area contributed by atoms with E-state index in [0.717, 1.165) is 25.4 Å². The SMILES string of the molecule is O[B]Oc1cccc2c1Cc1ccccc1-2. The summed E-state index contributed by atoms with van der Waals surface area (Å²) in [7, 11) is 0.735. The Morgan fingerprint density at radius 3 is 2.69 bits per heavy atom. The monoisotopic (exact) mass is 209 g/mol. The lowest BCUT2D eigenvalue weighted by Crippen LogP contribution is -2.02. The van der Waals surface area contributed by atoms with Crippen molar-refractivity contribution in [2.45, 2.75) is 6.42 Å². The first-order valence-corrected chi connectivity index (χ1v) is 5.23. The third kappa shape index (κ3) is 1.33. The smallest absolute Gasteiger partial charge is 0.537 e. The molecule has 0 saturated carbocycles. The van der Waals surface area contributed by atoms with Crippen LogP contribution in [0.25, 0.3) is 11.1 Å². The molecule has 0 saturated heterocycles. The molecule has 0 fully saturated rings. The second-order valence-electron chi connectivity index (χ2n) is 3.84. The molecule has 0 aromatic heterocycles. The fourth-order valence-electron chi connectivity index (χ4n) is 2.30. The lowest BCUT2D eigenvalue weighted by molar-refractivity contribution is 0.451. The van der Waals surface area contributed by atoms with Crippen LogP contribution in [0.4, 0.5) is 0 Å². The highest BCUT2D eigenvalue weighted by Crippen LogP contribution is 2.40. The number of fused-ring (bicyclic) bond motifs is 3. The van der Waals surface area contributed by atoms with Crippen LogP contribution in [0.5, 0.6) is 5.75 Å². The summed E-state index contributed by atoms with van der Waals surface area (Å²) >= 11 is 0. The lowest BCUT2D eigenvalue weighted by atomic mass is 10.1. The standard InChI is InChI=1S/C13H10BO2/c15-14-16-13-7-3-6-11-10-5-2-1-4-9(10)8-12(11)13/h1-7,15H,8H2. The Morgan fingerprint density at radius 2 is 1.81 bits per heavy atom. The third-order valence-electron chi connectivity index (χ3n) is 2.99. The van der Waals surface area contributed by atoms with Crippen LogP contribution < -0.4 is 4.65 Å². The van der Waals surface area contributed by atoms with Crippen molar-refractivity contribution in [3.63, 3.8) is 0 Å². The normalized spacial score (nSPS) is 11.8. The third-order valence-corrected chi connectivity index (χ3v) is 2.99. The van der Waals surface area contributed by atoms with E-state index in [1.807, 2.05) is 24.3 Å². The highest BCUT2D eigenvalue weighted by Gasteiger charge is 2.20. The predicted octanol–water partition coefficient (Wildman–Crippen LogP) is 2.16. The van der Waals surface area contributed by atoms with Crippen LogP contribution in [-0.2, 0) is 6.42 Å². The van der Waals surface area contributed by atoms with Crippen molar-refractivity contribution in [2.75, 3.05) is 0 Å². The summed E-state index contributed by atoms with van der Waals surface area (Å²) in [5, 5.41) is 8.72. The van der Waals surface area contributed by atoms with E-state index in [1.54, 1.807) is 0 Å². The molecule has 16 heavy (non-hydrogen) atoms. The van der Waals surface area contributed by atoms with E-state index in [-0.39, 0.29) is 0 Å². The summed E-state index contributed by atoms with van der Waals surface area (Å²) in [6.07, 6.45) is 0.871. The molecule has 1 radical (unpaired) electrons. The van der Waals surface area contributed by atoms with E-state index in [1.165, 1.54) is 16.7 Å². The quantitative estimate of drug-likeness (QED) is 0.655. The van der Waals surface area contributed by atoms with Gasteiger partial charge in [-0.1, -0.05) is 36.4 Å². The molecule has 77 valence electrons. The van der Waals surface area contributed by atoms with Gasteiger partial charge in [-0.15, -0.1) is 0 Å². The predicted molar refractivity (Wildman–Crippen MR) is 63.3 cm³/mol. The lowest BCUT2D eigenvalue weighted by Gasteiger charge is -2.07. The van der Waals surface area contributed by atoms with Crippen molar-refractivity contribution in [3.8, 4) is 16.9 Å². The summed E-state index contributed by atoms with van der Waals surface area (Å²) in [5.41, 5.74) is 4.93. The van der Waals surface area contributed by atoms with E-state index < -0.39 is 0 Å². The zero-order chi connectivity index (χ0) is 11.0. The number of benzene rings is 2. The van der Waals surface area contributed by atoms with Crippen LogP contribution in [0, 0.1) is 0 Å².